The summed E-state index contributed by atoms with van der Waals surface area (Å²) in [6.07, 6.45) is -3.78. The first-order chi connectivity index (χ1) is 18.4. The summed E-state index contributed by atoms with van der Waals surface area (Å²) in [6.45, 7) is 5.80. The number of carbonyl (C=O) groups excluding carboxylic acids is 1. The van der Waals surface area contributed by atoms with E-state index >= 15 is 0 Å². The van der Waals surface area contributed by atoms with Crippen molar-refractivity contribution in [1.82, 2.24) is 8.96 Å². The van der Waals surface area contributed by atoms with Gasteiger partial charge in [-0.15, -0.1) is 0 Å². The molecule has 0 radical (unpaired) electrons. The van der Waals surface area contributed by atoms with Gasteiger partial charge in [-0.2, -0.15) is 13.2 Å². The molecule has 2 aromatic heterocycles. The van der Waals surface area contributed by atoms with Gasteiger partial charge in [0.15, 0.2) is 15.6 Å². The minimum Gasteiger partial charge on any atom is -0.293 e. The summed E-state index contributed by atoms with van der Waals surface area (Å²) < 4.78 is 92.0. The van der Waals surface area contributed by atoms with Gasteiger partial charge in [0.2, 0.25) is 0 Å². The number of sulfone groups is 1. The van der Waals surface area contributed by atoms with Crippen LogP contribution < -0.4 is 0 Å². The van der Waals surface area contributed by atoms with Crippen molar-refractivity contribution in [3.05, 3.63) is 94.8 Å². The molecule has 0 saturated heterocycles. The van der Waals surface area contributed by atoms with E-state index in [4.69, 9.17) is 0 Å². The predicted molar refractivity (Wildman–Crippen MR) is 146 cm³/mol. The number of rotatable bonds is 7. The van der Waals surface area contributed by atoms with Gasteiger partial charge in [0.05, 0.1) is 15.9 Å². The third-order valence-electron chi connectivity index (χ3n) is 6.27. The Kier molecular flexibility index (Phi) is 7.48. The van der Waals surface area contributed by atoms with Crippen molar-refractivity contribution in [2.75, 3.05) is 12.0 Å². The van der Waals surface area contributed by atoms with Gasteiger partial charge >= 0.3 is 6.18 Å². The Morgan fingerprint density at radius 2 is 1.55 bits per heavy atom. The third kappa shape index (κ3) is 6.28. The van der Waals surface area contributed by atoms with Gasteiger partial charge < -0.3 is 0 Å². The normalized spacial score (nSPS) is 13.1. The number of fused-ring (bicyclic) bond motifs is 1. The van der Waals surface area contributed by atoms with Crippen molar-refractivity contribution in [2.24, 2.45) is 0 Å². The van der Waals surface area contributed by atoms with E-state index < -0.39 is 43.3 Å². The molecule has 0 unspecified atom stereocenters. The Bertz CT molecular complexity index is 1820. The second-order valence-electron chi connectivity index (χ2n) is 10.6. The molecule has 4 rings (SSSR count). The van der Waals surface area contributed by atoms with Gasteiger partial charge in [-0.1, -0.05) is 57.2 Å². The van der Waals surface area contributed by atoms with E-state index in [9.17, 15) is 34.8 Å². The fourth-order valence-corrected chi connectivity index (χ4v) is 6.47. The Labute approximate surface area is 230 Å². The van der Waals surface area contributed by atoms with Crippen molar-refractivity contribution in [2.45, 2.75) is 43.7 Å². The zero-order valence-electron chi connectivity index (χ0n) is 22.2. The van der Waals surface area contributed by atoms with Crippen molar-refractivity contribution >= 4 is 36.7 Å². The van der Waals surface area contributed by atoms with Crippen molar-refractivity contribution in [1.29, 1.82) is 0 Å². The first-order valence-electron chi connectivity index (χ1n) is 12.1. The Hall–Kier alpha value is -3.51. The highest BCUT2D eigenvalue weighted by Crippen LogP contribution is 2.33. The SMILES string of the molecule is CC(C)(C)c1cccc(S(=O)(=O)n2c(Cc3ccc(C(=O)CS(C)(=O)=O)cc3)cc3nc(C(F)(F)F)ccc32)c1. The summed E-state index contributed by atoms with van der Waals surface area (Å²) in [5.74, 6) is -1.24. The summed E-state index contributed by atoms with van der Waals surface area (Å²) in [4.78, 5) is 15.9. The second-order valence-corrected chi connectivity index (χ2v) is 14.6. The van der Waals surface area contributed by atoms with Crippen LogP contribution in [0.15, 0.2) is 71.6 Å². The van der Waals surface area contributed by atoms with Gasteiger partial charge in [0.25, 0.3) is 10.0 Å². The Balaban J connectivity index is 1.84. The molecule has 0 aliphatic rings. The number of nitrogens with zero attached hydrogens (tertiary/aromatic N) is 2. The molecule has 212 valence electrons. The van der Waals surface area contributed by atoms with Crippen LogP contribution in [0.25, 0.3) is 11.0 Å². The molecule has 0 spiro atoms. The van der Waals surface area contributed by atoms with Gasteiger partial charge in [-0.25, -0.2) is 25.8 Å². The molecule has 4 aromatic rings. The maximum absolute atomic E-state index is 14.0. The number of benzene rings is 2. The smallest absolute Gasteiger partial charge is 0.293 e. The maximum atomic E-state index is 14.0. The lowest BCUT2D eigenvalue weighted by Crippen LogP contribution is -2.18. The van der Waals surface area contributed by atoms with E-state index in [0.29, 0.717) is 5.56 Å². The number of pyridine rings is 1. The molecule has 0 N–H and O–H groups in total. The van der Waals surface area contributed by atoms with Gasteiger partial charge in [0, 0.05) is 23.9 Å². The minimum atomic E-state index is -4.72. The van der Waals surface area contributed by atoms with Crippen LogP contribution in [0.2, 0.25) is 0 Å². The standard InChI is InChI=1S/C28H27F3N2O5S2/c1-27(2,3)20-6-5-7-22(15-20)40(37,38)33-21(16-23-24(33)12-13-26(32-23)28(29,30)31)14-18-8-10-19(11-9-18)25(34)17-39(4,35)36/h5-13,15-16H,14,17H2,1-4H3. The Morgan fingerprint density at radius 1 is 0.900 bits per heavy atom. The second kappa shape index (κ2) is 10.2. The fourth-order valence-electron chi connectivity index (χ4n) is 4.25. The highest BCUT2D eigenvalue weighted by molar-refractivity contribution is 7.91. The monoisotopic (exact) mass is 592 g/mol. The Morgan fingerprint density at radius 3 is 2.12 bits per heavy atom. The van der Waals surface area contributed by atoms with E-state index in [2.05, 4.69) is 4.98 Å². The molecule has 12 heteroatoms. The van der Waals surface area contributed by atoms with Crippen LogP contribution in [-0.4, -0.2) is 43.6 Å². The number of aromatic nitrogens is 2. The zero-order valence-corrected chi connectivity index (χ0v) is 23.8. The number of hydrogen-bond donors (Lipinski definition) is 0. The lowest BCUT2D eigenvalue weighted by molar-refractivity contribution is -0.140. The molecule has 0 atom stereocenters. The molecule has 2 aromatic carbocycles. The zero-order chi connectivity index (χ0) is 29.7. The molecular weight excluding hydrogens is 565 g/mol. The van der Waals surface area contributed by atoms with Crippen LogP contribution in [0.3, 0.4) is 0 Å². The average Bonchev–Trinajstić information content (AvgIpc) is 3.20. The molecule has 0 fully saturated rings. The lowest BCUT2D eigenvalue weighted by Gasteiger charge is -2.20. The van der Waals surface area contributed by atoms with Crippen LogP contribution in [-0.2, 0) is 37.9 Å². The van der Waals surface area contributed by atoms with Gasteiger partial charge in [-0.05, 0) is 46.9 Å². The first kappa shape index (κ1) is 29.5. The first-order valence-corrected chi connectivity index (χ1v) is 15.6. The van der Waals surface area contributed by atoms with Crippen LogP contribution in [0, 0.1) is 0 Å². The topological polar surface area (TPSA) is 103 Å². The van der Waals surface area contributed by atoms with Crippen molar-refractivity contribution in [3.63, 3.8) is 0 Å². The number of halogens is 3. The fraction of sp³-hybridized carbons (Fsp3) is 0.286. The van der Waals surface area contributed by atoms with E-state index in [1.165, 1.54) is 24.3 Å². The molecule has 0 saturated carbocycles. The van der Waals surface area contributed by atoms with Gasteiger partial charge in [-0.3, -0.25) is 4.79 Å². The number of ketones is 1. The molecule has 40 heavy (non-hydrogen) atoms. The molecule has 0 bridgehead atoms. The lowest BCUT2D eigenvalue weighted by atomic mass is 9.87. The van der Waals surface area contributed by atoms with E-state index in [1.807, 2.05) is 20.8 Å². The quantitative estimate of drug-likeness (QED) is 0.266. The third-order valence-corrected chi connectivity index (χ3v) is 8.82. The van der Waals surface area contributed by atoms with Crippen molar-refractivity contribution in [3.8, 4) is 0 Å². The number of carbonyl (C=O) groups is 1. The highest BCUT2D eigenvalue weighted by atomic mass is 32.2. The van der Waals surface area contributed by atoms with Crippen LogP contribution in [0.5, 0.6) is 0 Å². The van der Waals surface area contributed by atoms with E-state index in [0.717, 1.165) is 27.9 Å². The summed E-state index contributed by atoms with van der Waals surface area (Å²) in [5.41, 5.74) is -0.00913. The summed E-state index contributed by atoms with van der Waals surface area (Å²) >= 11 is 0. The molecule has 0 aliphatic heterocycles. The van der Waals surface area contributed by atoms with Crippen LogP contribution in [0.4, 0.5) is 13.2 Å². The molecule has 0 amide bonds. The van der Waals surface area contributed by atoms with Crippen LogP contribution >= 0.6 is 0 Å². The largest absolute Gasteiger partial charge is 0.433 e. The molecule has 2 heterocycles. The number of Topliss-reactive ketones (excluding diaryl/α,β-unsaturated/α-hetero) is 1. The molecule has 0 aliphatic carbocycles. The summed E-state index contributed by atoms with van der Waals surface area (Å²) in [6, 6.07) is 15.5. The number of alkyl halides is 3. The highest BCUT2D eigenvalue weighted by Gasteiger charge is 2.34. The van der Waals surface area contributed by atoms with E-state index in [-0.39, 0.29) is 39.0 Å². The molecular formula is C28H27F3N2O5S2. The predicted octanol–water partition coefficient (Wildman–Crippen LogP) is 5.41. The summed E-state index contributed by atoms with van der Waals surface area (Å²) in [5, 5.41) is 0. The van der Waals surface area contributed by atoms with E-state index in [1.54, 1.807) is 30.3 Å². The van der Waals surface area contributed by atoms with Crippen LogP contribution in [0.1, 0.15) is 53.6 Å². The maximum Gasteiger partial charge on any atom is 0.433 e. The minimum absolute atomic E-state index is 0.0101. The average molecular weight is 593 g/mol. The van der Waals surface area contributed by atoms with Crippen molar-refractivity contribution < 1.29 is 34.8 Å². The number of hydrogen-bond acceptors (Lipinski definition) is 6. The van der Waals surface area contributed by atoms with Gasteiger partial charge in [0.1, 0.15) is 11.4 Å². The molecule has 7 nitrogen and oxygen atoms in total. The summed E-state index contributed by atoms with van der Waals surface area (Å²) in [7, 11) is -7.80.